The van der Waals surface area contributed by atoms with Gasteiger partial charge in [-0.2, -0.15) is 0 Å². The lowest BCUT2D eigenvalue weighted by Gasteiger charge is -2.13. The van der Waals surface area contributed by atoms with Crippen LogP contribution in [0.3, 0.4) is 0 Å². The van der Waals surface area contributed by atoms with Crippen molar-refractivity contribution in [3.8, 4) is 73.2 Å². The fourth-order valence-electron chi connectivity index (χ4n) is 8.95. The molecule has 0 spiro atoms. The van der Waals surface area contributed by atoms with E-state index in [-0.39, 0.29) is 0 Å². The lowest BCUT2D eigenvalue weighted by Crippen LogP contribution is -2.00. The van der Waals surface area contributed by atoms with Crippen LogP contribution in [0, 0.1) is 0 Å². The molecule has 3 heterocycles. The highest BCUT2D eigenvalue weighted by atomic mass is 32.1. The van der Waals surface area contributed by atoms with Crippen LogP contribution >= 0.6 is 11.3 Å². The van der Waals surface area contributed by atoms with Crippen LogP contribution in [0.1, 0.15) is 0 Å². The monoisotopic (exact) mass is 808 g/mol. The van der Waals surface area contributed by atoms with Crippen molar-refractivity contribution >= 4 is 53.3 Å². The van der Waals surface area contributed by atoms with Crippen LogP contribution in [0.2, 0.25) is 0 Å². The number of nitrogens with zero attached hydrogens (tertiary/aromatic N) is 4. The van der Waals surface area contributed by atoms with E-state index in [0.29, 0.717) is 17.5 Å². The van der Waals surface area contributed by atoms with E-state index in [4.69, 9.17) is 15.0 Å². The number of hydrogen-bond acceptors (Lipinski definition) is 4. The van der Waals surface area contributed by atoms with Crippen LogP contribution in [0.25, 0.3) is 115 Å². The Labute approximate surface area is 362 Å². The molecule has 5 heteroatoms. The molecule has 0 fully saturated rings. The predicted octanol–water partition coefficient (Wildman–Crippen LogP) is 15.3. The minimum absolute atomic E-state index is 0.647. The normalized spacial score (nSPS) is 11.5. The minimum Gasteiger partial charge on any atom is -0.309 e. The molecule has 0 amide bonds. The molecule has 0 aliphatic rings. The van der Waals surface area contributed by atoms with Crippen LogP contribution in [0.4, 0.5) is 0 Å². The Hall–Kier alpha value is -7.99. The molecule has 0 N–H and O–H groups in total. The lowest BCUT2D eigenvalue weighted by atomic mass is 9.91. The Bertz CT molecular complexity index is 3610. The highest BCUT2D eigenvalue weighted by molar-refractivity contribution is 7.25. The number of benzene rings is 9. The van der Waals surface area contributed by atoms with Crippen LogP contribution in [-0.2, 0) is 0 Å². The van der Waals surface area contributed by atoms with Crippen molar-refractivity contribution in [1.29, 1.82) is 0 Å². The fraction of sp³-hybridized carbons (Fsp3) is 0. The van der Waals surface area contributed by atoms with Gasteiger partial charge in [0.2, 0.25) is 0 Å². The smallest absolute Gasteiger partial charge is 0.164 e. The summed E-state index contributed by atoms with van der Waals surface area (Å²) in [6.07, 6.45) is 0. The van der Waals surface area contributed by atoms with Gasteiger partial charge in [-0.3, -0.25) is 0 Å². The van der Waals surface area contributed by atoms with E-state index in [1.807, 2.05) is 35.6 Å². The van der Waals surface area contributed by atoms with Crippen molar-refractivity contribution in [3.63, 3.8) is 0 Å². The molecule has 62 heavy (non-hydrogen) atoms. The number of para-hydroxylation sites is 2. The summed E-state index contributed by atoms with van der Waals surface area (Å²) < 4.78 is 4.82. The Balaban J connectivity index is 0.950. The van der Waals surface area contributed by atoms with E-state index in [0.717, 1.165) is 27.9 Å². The highest BCUT2D eigenvalue weighted by Gasteiger charge is 2.19. The molecule has 0 aliphatic heterocycles. The topological polar surface area (TPSA) is 43.6 Å². The zero-order chi connectivity index (χ0) is 41.0. The molecule has 290 valence electrons. The van der Waals surface area contributed by atoms with Crippen molar-refractivity contribution in [1.82, 2.24) is 19.5 Å². The number of fused-ring (bicyclic) bond motifs is 6. The highest BCUT2D eigenvalue weighted by Crippen LogP contribution is 2.44. The molecule has 9 aromatic carbocycles. The number of thiophene rings is 1. The molecule has 12 aromatic rings. The third-order valence-electron chi connectivity index (χ3n) is 11.9. The van der Waals surface area contributed by atoms with E-state index in [1.54, 1.807) is 0 Å². The largest absolute Gasteiger partial charge is 0.309 e. The summed E-state index contributed by atoms with van der Waals surface area (Å²) in [7, 11) is 0. The predicted molar refractivity (Wildman–Crippen MR) is 260 cm³/mol. The van der Waals surface area contributed by atoms with Crippen LogP contribution < -0.4 is 0 Å². The summed E-state index contributed by atoms with van der Waals surface area (Å²) in [6, 6.07) is 77.6. The first-order chi connectivity index (χ1) is 30.7. The third kappa shape index (κ3) is 6.18. The SMILES string of the molecule is c1ccc(-c2ccc(-c3nc(-c4ccccc4)nc(-c4ccc5c(c4)sc4cc(-c6ccccc6-c6cccc7c6c6ccccc6n7-c6ccccc6)ccc45)n3)cc2)cc1. The van der Waals surface area contributed by atoms with Gasteiger partial charge in [-0.25, -0.2) is 15.0 Å². The molecule has 12 rings (SSSR count). The second-order valence-corrected chi connectivity index (χ2v) is 16.7. The first-order valence-electron chi connectivity index (χ1n) is 20.8. The second kappa shape index (κ2) is 14.9. The average molecular weight is 809 g/mol. The zero-order valence-electron chi connectivity index (χ0n) is 33.5. The first-order valence-corrected chi connectivity index (χ1v) is 21.7. The molecule has 0 saturated heterocycles. The van der Waals surface area contributed by atoms with Gasteiger partial charge in [-0.15, -0.1) is 11.3 Å². The van der Waals surface area contributed by atoms with Crippen LogP contribution in [0.5, 0.6) is 0 Å². The summed E-state index contributed by atoms with van der Waals surface area (Å²) >= 11 is 1.81. The lowest BCUT2D eigenvalue weighted by molar-refractivity contribution is 1.07. The summed E-state index contributed by atoms with van der Waals surface area (Å²) in [5.74, 6) is 1.95. The van der Waals surface area contributed by atoms with Gasteiger partial charge in [0.1, 0.15) is 0 Å². The van der Waals surface area contributed by atoms with E-state index in [9.17, 15) is 0 Å². The van der Waals surface area contributed by atoms with Crippen LogP contribution in [0.15, 0.2) is 218 Å². The van der Waals surface area contributed by atoms with Crippen molar-refractivity contribution < 1.29 is 0 Å². The molecule has 0 bridgehead atoms. The zero-order valence-corrected chi connectivity index (χ0v) is 34.3. The third-order valence-corrected chi connectivity index (χ3v) is 13.0. The van der Waals surface area contributed by atoms with E-state index >= 15 is 0 Å². The van der Waals surface area contributed by atoms with E-state index in [2.05, 4.69) is 199 Å². The second-order valence-electron chi connectivity index (χ2n) is 15.6. The maximum atomic E-state index is 5.09. The Morgan fingerprint density at radius 1 is 0.306 bits per heavy atom. The summed E-state index contributed by atoms with van der Waals surface area (Å²) in [5, 5.41) is 4.97. The summed E-state index contributed by atoms with van der Waals surface area (Å²) in [6.45, 7) is 0. The molecular weight excluding hydrogens is 773 g/mol. The summed E-state index contributed by atoms with van der Waals surface area (Å²) in [4.78, 5) is 15.1. The molecular formula is C57H36N4S. The van der Waals surface area contributed by atoms with Crippen molar-refractivity contribution in [2.75, 3.05) is 0 Å². The molecule has 0 saturated carbocycles. The molecule has 3 aromatic heterocycles. The van der Waals surface area contributed by atoms with Gasteiger partial charge in [0, 0.05) is 53.3 Å². The number of hydrogen-bond donors (Lipinski definition) is 0. The summed E-state index contributed by atoms with van der Waals surface area (Å²) in [5.41, 5.74) is 13.6. The van der Waals surface area contributed by atoms with Gasteiger partial charge in [0.15, 0.2) is 17.5 Å². The van der Waals surface area contributed by atoms with Crippen LogP contribution in [-0.4, -0.2) is 19.5 Å². The number of rotatable bonds is 7. The fourth-order valence-corrected chi connectivity index (χ4v) is 10.1. The standard InChI is InChI=1S/C57H36N4S/c1-4-15-37(16-5-1)38-27-29-40(30-28-38)56-58-55(39-17-6-2-7-18-39)59-57(60-56)42-32-34-47-46-33-31-41(35-52(46)62-53(47)36-42)44-21-10-11-22-45(44)48-24-14-26-51-54(48)49-23-12-13-25-50(49)61(51)43-19-8-3-9-20-43/h1-36H. The number of aromatic nitrogens is 4. The Kier molecular flexibility index (Phi) is 8.65. The average Bonchev–Trinajstić information content (AvgIpc) is 3.90. The molecule has 0 aliphatic carbocycles. The maximum Gasteiger partial charge on any atom is 0.164 e. The molecule has 0 atom stereocenters. The van der Waals surface area contributed by atoms with Crippen molar-refractivity contribution in [2.24, 2.45) is 0 Å². The van der Waals surface area contributed by atoms with Gasteiger partial charge < -0.3 is 4.57 Å². The van der Waals surface area contributed by atoms with Crippen molar-refractivity contribution in [2.45, 2.75) is 0 Å². The first kappa shape index (κ1) is 35.9. The van der Waals surface area contributed by atoms with Gasteiger partial charge in [0.05, 0.1) is 11.0 Å². The van der Waals surface area contributed by atoms with E-state index < -0.39 is 0 Å². The van der Waals surface area contributed by atoms with E-state index in [1.165, 1.54) is 69.8 Å². The van der Waals surface area contributed by atoms with Gasteiger partial charge in [-0.1, -0.05) is 182 Å². The molecule has 0 unspecified atom stereocenters. The maximum absolute atomic E-state index is 5.09. The Morgan fingerprint density at radius 3 is 1.48 bits per heavy atom. The Morgan fingerprint density at radius 2 is 0.774 bits per heavy atom. The van der Waals surface area contributed by atoms with Crippen molar-refractivity contribution in [3.05, 3.63) is 218 Å². The molecule has 4 nitrogen and oxygen atoms in total. The van der Waals surface area contributed by atoms with Gasteiger partial charge >= 0.3 is 0 Å². The van der Waals surface area contributed by atoms with Gasteiger partial charge in [0.25, 0.3) is 0 Å². The quantitative estimate of drug-likeness (QED) is 0.161. The minimum atomic E-state index is 0.647. The van der Waals surface area contributed by atoms with Gasteiger partial charge in [-0.05, 0) is 69.8 Å². The molecule has 0 radical (unpaired) electrons.